The van der Waals surface area contributed by atoms with Gasteiger partial charge in [-0.2, -0.15) is 0 Å². The van der Waals surface area contributed by atoms with Gasteiger partial charge >= 0.3 is 0 Å². The molecular weight excluding hydrogens is 1240 g/mol. The lowest BCUT2D eigenvalue weighted by atomic mass is 9.80. The van der Waals surface area contributed by atoms with Gasteiger partial charge in [-0.05, 0) is 251 Å². The highest BCUT2D eigenvalue weighted by molar-refractivity contribution is 6.25. The molecule has 21 rings (SSSR count). The van der Waals surface area contributed by atoms with Gasteiger partial charge in [0.15, 0.2) is 0 Å². The summed E-state index contributed by atoms with van der Waals surface area (Å²) >= 11 is 0. The van der Waals surface area contributed by atoms with Crippen LogP contribution in [0.5, 0.6) is 0 Å². The molecule has 18 aromatic rings. The molecule has 0 fully saturated rings. The summed E-state index contributed by atoms with van der Waals surface area (Å²) in [5.41, 5.74) is 31.5. The zero-order chi connectivity index (χ0) is 69.0. The van der Waals surface area contributed by atoms with Gasteiger partial charge in [0.2, 0.25) is 0 Å². The van der Waals surface area contributed by atoms with Crippen LogP contribution in [0, 0.1) is 0 Å². The molecule has 0 radical (unpaired) electrons. The van der Waals surface area contributed by atoms with Crippen molar-refractivity contribution in [2.24, 2.45) is 0 Å². The Morgan fingerprint density at radius 1 is 0.146 bits per heavy atom. The van der Waals surface area contributed by atoms with Crippen LogP contribution in [0.15, 0.2) is 340 Å². The second-order valence-electron chi connectivity index (χ2n) is 30.6. The predicted octanol–water partition coefficient (Wildman–Crippen LogP) is 28.4. The lowest BCUT2D eigenvalue weighted by Gasteiger charge is -2.23. The largest absolute Gasteiger partial charge is 0.0619 e. The second-order valence-corrected chi connectivity index (χ2v) is 30.6. The summed E-state index contributed by atoms with van der Waals surface area (Å²) < 4.78 is 0. The van der Waals surface area contributed by atoms with E-state index in [1.807, 2.05) is 0 Å². The number of hydrogen-bond donors (Lipinski definition) is 0. The van der Waals surface area contributed by atoms with E-state index in [-0.39, 0.29) is 16.2 Å². The van der Waals surface area contributed by atoms with Crippen LogP contribution in [0.3, 0.4) is 0 Å². The molecule has 18 aromatic carbocycles. The number of fused-ring (bicyclic) bond motifs is 16. The molecule has 0 unspecified atom stereocenters. The van der Waals surface area contributed by atoms with E-state index in [0.717, 1.165) is 0 Å². The fourth-order valence-corrected chi connectivity index (χ4v) is 18.7. The van der Waals surface area contributed by atoms with Crippen molar-refractivity contribution < 1.29 is 0 Å². The van der Waals surface area contributed by atoms with E-state index in [1.165, 1.54) is 209 Å². The second kappa shape index (κ2) is 22.9. The molecule has 0 heteroatoms. The van der Waals surface area contributed by atoms with Gasteiger partial charge in [0.25, 0.3) is 0 Å². The first kappa shape index (κ1) is 60.7. The maximum Gasteiger partial charge on any atom is 0.0159 e. The summed E-state index contributed by atoms with van der Waals surface area (Å²) in [6.45, 7) is 14.3. The molecular formula is C103H74. The molecule has 0 spiro atoms. The molecule has 3 aliphatic carbocycles. The maximum atomic E-state index is 2.49. The van der Waals surface area contributed by atoms with Crippen LogP contribution < -0.4 is 0 Å². The van der Waals surface area contributed by atoms with E-state index < -0.39 is 0 Å². The van der Waals surface area contributed by atoms with E-state index in [0.29, 0.717) is 0 Å². The summed E-state index contributed by atoms with van der Waals surface area (Å²) in [6.07, 6.45) is 0. The quantitative estimate of drug-likeness (QED) is 0.146. The molecule has 0 aliphatic heterocycles. The number of hydrogen-bond acceptors (Lipinski definition) is 0. The van der Waals surface area contributed by atoms with Crippen molar-refractivity contribution in [3.63, 3.8) is 0 Å². The van der Waals surface area contributed by atoms with E-state index >= 15 is 0 Å². The van der Waals surface area contributed by atoms with Gasteiger partial charge in [-0.15, -0.1) is 0 Å². The maximum absolute atomic E-state index is 2.49. The van der Waals surface area contributed by atoms with Gasteiger partial charge < -0.3 is 0 Å². The zero-order valence-corrected chi connectivity index (χ0v) is 58.8. The minimum atomic E-state index is -0.0848. The van der Waals surface area contributed by atoms with Crippen LogP contribution in [0.4, 0.5) is 0 Å². The van der Waals surface area contributed by atoms with Crippen LogP contribution in [0.2, 0.25) is 0 Å². The van der Waals surface area contributed by atoms with Crippen molar-refractivity contribution in [1.82, 2.24) is 0 Å². The molecule has 486 valence electrons. The van der Waals surface area contributed by atoms with E-state index in [9.17, 15) is 0 Å². The van der Waals surface area contributed by atoms with Crippen molar-refractivity contribution in [3.8, 4) is 100 Å². The highest BCUT2D eigenvalue weighted by Crippen LogP contribution is 2.56. The molecule has 0 atom stereocenters. The minimum Gasteiger partial charge on any atom is -0.0619 e. The molecule has 0 aromatic heterocycles. The fraction of sp³-hybridized carbons (Fsp3) is 0.0874. The fourth-order valence-electron chi connectivity index (χ4n) is 18.7. The number of rotatable bonds is 6. The number of benzene rings is 18. The Hall–Kier alpha value is -12.2. The molecule has 0 nitrogen and oxygen atoms in total. The molecule has 0 saturated heterocycles. The Morgan fingerprint density at radius 2 is 0.417 bits per heavy atom. The zero-order valence-electron chi connectivity index (χ0n) is 58.8. The summed E-state index contributed by atoms with van der Waals surface area (Å²) in [4.78, 5) is 0. The lowest BCUT2D eigenvalue weighted by Crippen LogP contribution is -2.14. The Bertz CT molecular complexity index is 6640. The van der Waals surface area contributed by atoms with Crippen molar-refractivity contribution >= 4 is 75.4 Å². The van der Waals surface area contributed by atoms with Crippen molar-refractivity contribution in [2.45, 2.75) is 57.8 Å². The average molecular weight is 1310 g/mol. The first-order chi connectivity index (χ1) is 50.3. The first-order valence-electron chi connectivity index (χ1n) is 36.5. The van der Waals surface area contributed by atoms with Crippen molar-refractivity contribution in [3.05, 3.63) is 373 Å². The topological polar surface area (TPSA) is 0 Å². The first-order valence-corrected chi connectivity index (χ1v) is 36.5. The molecule has 3 aliphatic rings. The third kappa shape index (κ3) is 9.30. The van der Waals surface area contributed by atoms with Gasteiger partial charge in [-0.1, -0.05) is 339 Å². The molecule has 0 heterocycles. The Morgan fingerprint density at radius 3 is 0.903 bits per heavy atom. The highest BCUT2D eigenvalue weighted by atomic mass is 14.4. The molecule has 0 bridgehead atoms. The molecule has 0 amide bonds. The Labute approximate surface area is 602 Å². The van der Waals surface area contributed by atoms with Gasteiger partial charge in [0.05, 0.1) is 0 Å². The SMILES string of the molecule is CC1(C)c2ccccc2-c2ccc(-c3c4ccccc4c(-c4cccc5ccccc45)c4ccc(-c5ccc6ccccc6c5)cc34)cc21.CC1(C)c2ccccc2-c2ccc(-c3ccc4c(-c5ccc6ccccc6c5)c5ccccc5c(-c5ccc6c(c5)C(C)(C)c5ccccc5-6)c4c3)cc21. The Kier molecular flexibility index (Phi) is 13.5. The van der Waals surface area contributed by atoms with Crippen molar-refractivity contribution in [2.75, 3.05) is 0 Å². The van der Waals surface area contributed by atoms with E-state index in [1.54, 1.807) is 0 Å². The van der Waals surface area contributed by atoms with Gasteiger partial charge in [0, 0.05) is 16.2 Å². The van der Waals surface area contributed by atoms with Crippen LogP contribution in [0.25, 0.3) is 176 Å². The monoisotopic (exact) mass is 1310 g/mol. The normalized spacial score (nSPS) is 14.0. The van der Waals surface area contributed by atoms with Crippen LogP contribution in [-0.2, 0) is 16.2 Å². The van der Waals surface area contributed by atoms with Gasteiger partial charge in [-0.3, -0.25) is 0 Å². The molecule has 103 heavy (non-hydrogen) atoms. The summed E-state index contributed by atoms with van der Waals surface area (Å²) in [5.74, 6) is 0. The smallest absolute Gasteiger partial charge is 0.0159 e. The summed E-state index contributed by atoms with van der Waals surface area (Å²) in [6, 6.07) is 127. The summed E-state index contributed by atoms with van der Waals surface area (Å²) in [7, 11) is 0. The van der Waals surface area contributed by atoms with Crippen molar-refractivity contribution in [1.29, 1.82) is 0 Å². The lowest BCUT2D eigenvalue weighted by molar-refractivity contribution is 0.660. The third-order valence-corrected chi connectivity index (χ3v) is 23.9. The average Bonchev–Trinajstić information content (AvgIpc) is 1.24. The highest BCUT2D eigenvalue weighted by Gasteiger charge is 2.39. The minimum absolute atomic E-state index is 0.0573. The van der Waals surface area contributed by atoms with Crippen LogP contribution in [0.1, 0.15) is 74.9 Å². The molecule has 0 N–H and O–H groups in total. The predicted molar refractivity (Wildman–Crippen MR) is 441 cm³/mol. The van der Waals surface area contributed by atoms with Gasteiger partial charge in [0.1, 0.15) is 0 Å². The third-order valence-electron chi connectivity index (χ3n) is 23.9. The summed E-state index contributed by atoms with van der Waals surface area (Å²) in [5, 5.41) is 17.8. The molecule has 0 saturated carbocycles. The standard InChI is InChI=1S/C54H40.C49H34/c1-53(2)47-19-11-9-15-39(47)41-26-23-36(31-49(41)53)35-24-28-45-46(30-35)52(38-25-27-42-40-16-10-12-20-48(40)54(3,4)50(42)32-38)44-18-8-7-17-43(44)51(45)37-22-21-33-13-5-6-14-34(33)29-37;1-49(2)45-21-10-9-17-38(45)39-26-25-36(30-46(39)49)47-41-18-7-8-19-42(41)48(40-20-11-15-32-13-5-6-16-37(32)40)43-27-24-35(29-44(43)47)34-23-22-31-12-3-4-14-33(31)28-34/h5-32H,1-4H3;3-30H,1-2H3. The van der Waals surface area contributed by atoms with Crippen LogP contribution >= 0.6 is 0 Å². The van der Waals surface area contributed by atoms with E-state index in [4.69, 9.17) is 0 Å². The van der Waals surface area contributed by atoms with Crippen LogP contribution in [-0.4, -0.2) is 0 Å². The van der Waals surface area contributed by atoms with E-state index in [2.05, 4.69) is 381 Å². The Balaban J connectivity index is 0.000000138. The van der Waals surface area contributed by atoms with Gasteiger partial charge in [-0.25, -0.2) is 0 Å².